The SMILES string of the molecule is COc1ccc(CNc2nc3c(c(=O)n(Cc4ccc(Cl)cc4Cl)c(=O)n3C)n2C)cc1. The zero-order valence-corrected chi connectivity index (χ0v) is 19.2. The van der Waals surface area contributed by atoms with Crippen molar-refractivity contribution < 1.29 is 4.74 Å². The molecule has 10 heteroatoms. The Balaban J connectivity index is 1.71. The number of ether oxygens (including phenoxy) is 1. The quantitative estimate of drug-likeness (QED) is 0.463. The molecule has 4 aromatic rings. The first-order valence-corrected chi connectivity index (χ1v) is 10.5. The van der Waals surface area contributed by atoms with Crippen LogP contribution in [0.1, 0.15) is 11.1 Å². The Morgan fingerprint density at radius 1 is 1.03 bits per heavy atom. The van der Waals surface area contributed by atoms with Crippen LogP contribution in [0, 0.1) is 0 Å². The number of rotatable bonds is 6. The molecule has 0 aliphatic heterocycles. The van der Waals surface area contributed by atoms with Crippen molar-refractivity contribution >= 4 is 40.3 Å². The second-order valence-electron chi connectivity index (χ2n) is 7.34. The van der Waals surface area contributed by atoms with Gasteiger partial charge in [-0.3, -0.25) is 13.9 Å². The number of hydrogen-bond donors (Lipinski definition) is 1. The summed E-state index contributed by atoms with van der Waals surface area (Å²) < 4.78 is 9.33. The van der Waals surface area contributed by atoms with Crippen molar-refractivity contribution in [1.29, 1.82) is 0 Å². The van der Waals surface area contributed by atoms with E-state index in [1.807, 2.05) is 24.3 Å². The van der Waals surface area contributed by atoms with Gasteiger partial charge in [-0.1, -0.05) is 41.4 Å². The van der Waals surface area contributed by atoms with Gasteiger partial charge >= 0.3 is 5.69 Å². The average molecular weight is 474 g/mol. The van der Waals surface area contributed by atoms with E-state index in [-0.39, 0.29) is 6.54 Å². The molecule has 1 N–H and O–H groups in total. The maximum absolute atomic E-state index is 13.2. The minimum absolute atomic E-state index is 0.0250. The van der Waals surface area contributed by atoms with Gasteiger partial charge in [-0.2, -0.15) is 4.98 Å². The van der Waals surface area contributed by atoms with E-state index in [0.29, 0.717) is 39.3 Å². The maximum Gasteiger partial charge on any atom is 0.332 e. The van der Waals surface area contributed by atoms with Gasteiger partial charge in [0.15, 0.2) is 11.2 Å². The van der Waals surface area contributed by atoms with Crippen molar-refractivity contribution in [3.63, 3.8) is 0 Å². The van der Waals surface area contributed by atoms with E-state index >= 15 is 0 Å². The molecule has 0 atom stereocenters. The minimum Gasteiger partial charge on any atom is -0.497 e. The van der Waals surface area contributed by atoms with Gasteiger partial charge in [-0.05, 0) is 35.4 Å². The van der Waals surface area contributed by atoms with E-state index < -0.39 is 11.2 Å². The molecule has 0 bridgehead atoms. The molecular weight excluding hydrogens is 453 g/mol. The van der Waals surface area contributed by atoms with E-state index in [0.717, 1.165) is 15.9 Å². The molecule has 0 amide bonds. The van der Waals surface area contributed by atoms with Crippen molar-refractivity contribution in [1.82, 2.24) is 18.7 Å². The highest BCUT2D eigenvalue weighted by molar-refractivity contribution is 6.35. The molecule has 0 aliphatic carbocycles. The first-order chi connectivity index (χ1) is 15.3. The molecule has 166 valence electrons. The number of methoxy groups -OCH3 is 1. The summed E-state index contributed by atoms with van der Waals surface area (Å²) in [6.45, 7) is 0.515. The second kappa shape index (κ2) is 8.72. The molecule has 0 aliphatic rings. The smallest absolute Gasteiger partial charge is 0.332 e. The molecule has 0 saturated carbocycles. The Morgan fingerprint density at radius 2 is 1.75 bits per heavy atom. The van der Waals surface area contributed by atoms with Crippen LogP contribution in [-0.4, -0.2) is 25.8 Å². The summed E-state index contributed by atoms with van der Waals surface area (Å²) in [7, 11) is 4.94. The third kappa shape index (κ3) is 3.99. The van der Waals surface area contributed by atoms with Gasteiger partial charge in [-0.15, -0.1) is 0 Å². The first kappa shape index (κ1) is 22.0. The molecule has 4 rings (SSSR count). The number of anilines is 1. The van der Waals surface area contributed by atoms with Crippen molar-refractivity contribution in [3.05, 3.63) is 84.5 Å². The van der Waals surface area contributed by atoms with Gasteiger partial charge in [0.05, 0.1) is 13.7 Å². The number of halogens is 2. The molecular formula is C22H21Cl2N5O3. The van der Waals surface area contributed by atoms with Crippen LogP contribution in [0.3, 0.4) is 0 Å². The third-order valence-electron chi connectivity index (χ3n) is 5.31. The van der Waals surface area contributed by atoms with E-state index in [2.05, 4.69) is 10.3 Å². The summed E-state index contributed by atoms with van der Waals surface area (Å²) in [5.74, 6) is 1.25. The Labute approximate surface area is 193 Å². The van der Waals surface area contributed by atoms with Crippen molar-refractivity contribution in [2.24, 2.45) is 14.1 Å². The van der Waals surface area contributed by atoms with E-state index in [1.165, 1.54) is 4.57 Å². The summed E-state index contributed by atoms with van der Waals surface area (Å²) in [5, 5.41) is 4.09. The lowest BCUT2D eigenvalue weighted by Crippen LogP contribution is -2.39. The average Bonchev–Trinajstić information content (AvgIpc) is 3.12. The van der Waals surface area contributed by atoms with Crippen LogP contribution in [0.2, 0.25) is 10.0 Å². The number of aromatic nitrogens is 4. The maximum atomic E-state index is 13.2. The van der Waals surface area contributed by atoms with Gasteiger partial charge in [-0.25, -0.2) is 4.79 Å². The zero-order chi connectivity index (χ0) is 23.0. The van der Waals surface area contributed by atoms with Crippen LogP contribution in [0.15, 0.2) is 52.1 Å². The molecule has 2 heterocycles. The topological polar surface area (TPSA) is 83.1 Å². The fourth-order valence-corrected chi connectivity index (χ4v) is 3.95. The predicted molar refractivity (Wildman–Crippen MR) is 126 cm³/mol. The summed E-state index contributed by atoms with van der Waals surface area (Å²) in [5.41, 5.74) is 1.33. The van der Waals surface area contributed by atoms with Crippen molar-refractivity contribution in [2.45, 2.75) is 13.1 Å². The second-order valence-corrected chi connectivity index (χ2v) is 8.18. The van der Waals surface area contributed by atoms with Gasteiger partial charge in [0.2, 0.25) is 5.95 Å². The van der Waals surface area contributed by atoms with Gasteiger partial charge in [0, 0.05) is 30.7 Å². The lowest BCUT2D eigenvalue weighted by atomic mass is 10.2. The van der Waals surface area contributed by atoms with Crippen LogP contribution < -0.4 is 21.3 Å². The first-order valence-electron chi connectivity index (χ1n) is 9.77. The van der Waals surface area contributed by atoms with Gasteiger partial charge in [0.1, 0.15) is 5.75 Å². The highest BCUT2D eigenvalue weighted by atomic mass is 35.5. The van der Waals surface area contributed by atoms with Crippen molar-refractivity contribution in [3.8, 4) is 5.75 Å². The Bertz CT molecular complexity index is 1420. The molecule has 0 fully saturated rings. The summed E-state index contributed by atoms with van der Waals surface area (Å²) in [6, 6.07) is 12.6. The highest BCUT2D eigenvalue weighted by Crippen LogP contribution is 2.22. The number of nitrogens with one attached hydrogen (secondary N) is 1. The molecule has 8 nitrogen and oxygen atoms in total. The van der Waals surface area contributed by atoms with Gasteiger partial charge < -0.3 is 14.6 Å². The normalized spacial score (nSPS) is 11.2. The lowest BCUT2D eigenvalue weighted by molar-refractivity contribution is 0.414. The fourth-order valence-electron chi connectivity index (χ4n) is 3.49. The van der Waals surface area contributed by atoms with Crippen LogP contribution in [-0.2, 0) is 27.2 Å². The predicted octanol–water partition coefficient (Wildman–Crippen LogP) is 3.41. The molecule has 0 spiro atoms. The fraction of sp³-hybridized carbons (Fsp3) is 0.227. The minimum atomic E-state index is -0.478. The van der Waals surface area contributed by atoms with Crippen LogP contribution in [0.4, 0.5) is 5.95 Å². The van der Waals surface area contributed by atoms with Crippen LogP contribution in [0.5, 0.6) is 5.75 Å². The largest absolute Gasteiger partial charge is 0.497 e. The molecule has 2 aromatic carbocycles. The summed E-state index contributed by atoms with van der Waals surface area (Å²) >= 11 is 12.2. The standard InChI is InChI=1S/C22H21Cl2N5O3/c1-27-18-19(26-21(27)25-11-13-4-8-16(32-3)9-5-13)28(2)22(31)29(20(18)30)12-14-6-7-15(23)10-17(14)24/h4-10H,11-12H2,1-3H3,(H,25,26). The third-order valence-corrected chi connectivity index (χ3v) is 5.90. The van der Waals surface area contributed by atoms with Crippen LogP contribution >= 0.6 is 23.2 Å². The van der Waals surface area contributed by atoms with E-state index in [9.17, 15) is 9.59 Å². The van der Waals surface area contributed by atoms with Gasteiger partial charge in [0.25, 0.3) is 5.56 Å². The van der Waals surface area contributed by atoms with E-state index in [1.54, 1.807) is 44.0 Å². The highest BCUT2D eigenvalue weighted by Gasteiger charge is 2.19. The number of benzene rings is 2. The number of hydrogen-bond acceptors (Lipinski definition) is 5. The number of imidazole rings is 1. The number of aryl methyl sites for hydroxylation is 2. The van der Waals surface area contributed by atoms with Crippen LogP contribution in [0.25, 0.3) is 11.2 Å². The Morgan fingerprint density at radius 3 is 2.41 bits per heavy atom. The monoisotopic (exact) mass is 473 g/mol. The number of fused-ring (bicyclic) bond motifs is 1. The molecule has 0 radical (unpaired) electrons. The summed E-state index contributed by atoms with van der Waals surface area (Å²) in [4.78, 5) is 30.7. The lowest BCUT2D eigenvalue weighted by Gasteiger charge is -2.10. The van der Waals surface area contributed by atoms with Crippen molar-refractivity contribution in [2.75, 3.05) is 12.4 Å². The Hall–Kier alpha value is -3.23. The van der Waals surface area contributed by atoms with E-state index in [4.69, 9.17) is 27.9 Å². The molecule has 0 unspecified atom stereocenters. The zero-order valence-electron chi connectivity index (χ0n) is 17.7. The molecule has 2 aromatic heterocycles. The Kier molecular flexibility index (Phi) is 5.99. The number of nitrogens with zero attached hydrogens (tertiary/aromatic N) is 4. The molecule has 0 saturated heterocycles. The molecule has 32 heavy (non-hydrogen) atoms. The summed E-state index contributed by atoms with van der Waals surface area (Å²) in [6.07, 6.45) is 0.